The van der Waals surface area contributed by atoms with Gasteiger partial charge in [0.15, 0.2) is 0 Å². The van der Waals surface area contributed by atoms with Crippen LogP contribution in [0.1, 0.15) is 41.6 Å². The second-order valence-electron chi connectivity index (χ2n) is 3.81. The average molecular weight is 177 g/mol. The van der Waals surface area contributed by atoms with Crippen molar-refractivity contribution in [1.29, 1.82) is 0 Å². The lowest BCUT2D eigenvalue weighted by Gasteiger charge is -2.14. The van der Waals surface area contributed by atoms with E-state index in [2.05, 4.69) is 39.8 Å². The van der Waals surface area contributed by atoms with E-state index in [1.165, 1.54) is 22.3 Å². The molecule has 1 heteroatoms. The maximum absolute atomic E-state index is 6.01. The Bertz CT molecular complexity index is 302. The van der Waals surface area contributed by atoms with Gasteiger partial charge < -0.3 is 5.73 Å². The fourth-order valence-electron chi connectivity index (χ4n) is 1.60. The minimum Gasteiger partial charge on any atom is -0.324 e. The highest BCUT2D eigenvalue weighted by atomic mass is 14.6. The molecule has 0 radical (unpaired) electrons. The lowest BCUT2D eigenvalue weighted by atomic mass is 9.95. The molecule has 0 spiro atoms. The van der Waals surface area contributed by atoms with Gasteiger partial charge in [-0.05, 0) is 49.4 Å². The Morgan fingerprint density at radius 2 is 1.62 bits per heavy atom. The lowest BCUT2D eigenvalue weighted by molar-refractivity contribution is 0.693. The first-order chi connectivity index (χ1) is 6.06. The van der Waals surface area contributed by atoms with E-state index in [0.29, 0.717) is 0 Å². The highest BCUT2D eigenvalue weighted by Crippen LogP contribution is 2.21. The summed E-state index contributed by atoms with van der Waals surface area (Å²) < 4.78 is 0. The van der Waals surface area contributed by atoms with E-state index in [1.54, 1.807) is 0 Å². The van der Waals surface area contributed by atoms with Crippen LogP contribution >= 0.6 is 0 Å². The van der Waals surface area contributed by atoms with Crippen molar-refractivity contribution in [1.82, 2.24) is 0 Å². The predicted molar refractivity (Wildman–Crippen MR) is 57.9 cm³/mol. The average Bonchev–Trinajstić information content (AvgIpc) is 2.10. The van der Waals surface area contributed by atoms with E-state index in [4.69, 9.17) is 5.73 Å². The first-order valence-electron chi connectivity index (χ1n) is 4.89. The Morgan fingerprint density at radius 3 is 2.15 bits per heavy atom. The molecule has 0 aliphatic rings. The molecule has 1 atom stereocenters. The monoisotopic (exact) mass is 177 g/mol. The highest BCUT2D eigenvalue weighted by Gasteiger charge is 2.07. The van der Waals surface area contributed by atoms with Crippen molar-refractivity contribution in [3.05, 3.63) is 34.4 Å². The van der Waals surface area contributed by atoms with Crippen LogP contribution in [0.25, 0.3) is 0 Å². The SMILES string of the molecule is CC[C@@H](N)c1cc(C)c(C)cc1C. The van der Waals surface area contributed by atoms with Gasteiger partial charge in [0.2, 0.25) is 0 Å². The summed E-state index contributed by atoms with van der Waals surface area (Å²) in [5.41, 5.74) is 11.3. The molecule has 0 heterocycles. The molecule has 1 aromatic rings. The number of hydrogen-bond acceptors (Lipinski definition) is 1. The Hall–Kier alpha value is -0.820. The molecule has 0 saturated heterocycles. The van der Waals surface area contributed by atoms with Crippen molar-refractivity contribution in [2.75, 3.05) is 0 Å². The van der Waals surface area contributed by atoms with Crippen LogP contribution in [0.3, 0.4) is 0 Å². The Balaban J connectivity index is 3.15. The number of rotatable bonds is 2. The summed E-state index contributed by atoms with van der Waals surface area (Å²) in [4.78, 5) is 0. The lowest BCUT2D eigenvalue weighted by Crippen LogP contribution is -2.10. The van der Waals surface area contributed by atoms with Crippen LogP contribution in [0.4, 0.5) is 0 Å². The third kappa shape index (κ3) is 2.10. The van der Waals surface area contributed by atoms with Crippen molar-refractivity contribution in [3.8, 4) is 0 Å². The molecular formula is C12H19N. The second-order valence-corrected chi connectivity index (χ2v) is 3.81. The third-order valence-electron chi connectivity index (χ3n) is 2.72. The minimum absolute atomic E-state index is 0.194. The third-order valence-corrected chi connectivity index (χ3v) is 2.72. The molecule has 0 unspecified atom stereocenters. The Morgan fingerprint density at radius 1 is 1.08 bits per heavy atom. The van der Waals surface area contributed by atoms with Crippen molar-refractivity contribution in [3.63, 3.8) is 0 Å². The van der Waals surface area contributed by atoms with Gasteiger partial charge >= 0.3 is 0 Å². The summed E-state index contributed by atoms with van der Waals surface area (Å²) in [6.07, 6.45) is 1.00. The molecule has 72 valence electrons. The maximum Gasteiger partial charge on any atom is 0.0294 e. The smallest absolute Gasteiger partial charge is 0.0294 e. The van der Waals surface area contributed by atoms with Crippen molar-refractivity contribution in [2.24, 2.45) is 5.73 Å². The number of nitrogens with two attached hydrogens (primary N) is 1. The number of aryl methyl sites for hydroxylation is 3. The van der Waals surface area contributed by atoms with Gasteiger partial charge in [-0.15, -0.1) is 0 Å². The second kappa shape index (κ2) is 3.93. The molecule has 1 nitrogen and oxygen atoms in total. The van der Waals surface area contributed by atoms with E-state index >= 15 is 0 Å². The molecule has 0 aliphatic carbocycles. The molecule has 0 amide bonds. The van der Waals surface area contributed by atoms with Gasteiger partial charge in [-0.25, -0.2) is 0 Å². The zero-order valence-electron chi connectivity index (χ0n) is 9.02. The van der Waals surface area contributed by atoms with Crippen LogP contribution in [0.15, 0.2) is 12.1 Å². The van der Waals surface area contributed by atoms with Crippen LogP contribution in [0.2, 0.25) is 0 Å². The first-order valence-corrected chi connectivity index (χ1v) is 4.89. The quantitative estimate of drug-likeness (QED) is 0.738. The van der Waals surface area contributed by atoms with Crippen LogP contribution in [-0.4, -0.2) is 0 Å². The largest absolute Gasteiger partial charge is 0.324 e. The van der Waals surface area contributed by atoms with Gasteiger partial charge in [0.05, 0.1) is 0 Å². The Kier molecular flexibility index (Phi) is 3.10. The molecule has 1 rings (SSSR count). The molecule has 0 fully saturated rings. The molecule has 13 heavy (non-hydrogen) atoms. The zero-order valence-corrected chi connectivity index (χ0v) is 9.02. The summed E-state index contributed by atoms with van der Waals surface area (Å²) >= 11 is 0. The van der Waals surface area contributed by atoms with Crippen molar-refractivity contribution in [2.45, 2.75) is 40.2 Å². The van der Waals surface area contributed by atoms with Crippen molar-refractivity contribution < 1.29 is 0 Å². The van der Waals surface area contributed by atoms with Crippen LogP contribution in [-0.2, 0) is 0 Å². The van der Waals surface area contributed by atoms with Crippen LogP contribution in [0, 0.1) is 20.8 Å². The fourth-order valence-corrected chi connectivity index (χ4v) is 1.60. The van der Waals surface area contributed by atoms with Gasteiger partial charge in [-0.2, -0.15) is 0 Å². The number of benzene rings is 1. The van der Waals surface area contributed by atoms with Crippen molar-refractivity contribution >= 4 is 0 Å². The molecule has 0 aromatic heterocycles. The summed E-state index contributed by atoms with van der Waals surface area (Å²) in [6, 6.07) is 4.64. The normalized spacial score (nSPS) is 13.0. The minimum atomic E-state index is 0.194. The van der Waals surface area contributed by atoms with Gasteiger partial charge in [-0.3, -0.25) is 0 Å². The van der Waals surface area contributed by atoms with Crippen LogP contribution < -0.4 is 5.73 Å². The molecule has 1 aromatic carbocycles. The van der Waals surface area contributed by atoms with E-state index in [0.717, 1.165) is 6.42 Å². The topological polar surface area (TPSA) is 26.0 Å². The summed E-state index contributed by atoms with van der Waals surface area (Å²) in [5, 5.41) is 0. The summed E-state index contributed by atoms with van der Waals surface area (Å²) in [5.74, 6) is 0. The van der Waals surface area contributed by atoms with Gasteiger partial charge in [0.1, 0.15) is 0 Å². The van der Waals surface area contributed by atoms with E-state index in [-0.39, 0.29) is 6.04 Å². The number of hydrogen-bond donors (Lipinski definition) is 1. The molecule has 0 bridgehead atoms. The molecule has 0 aliphatic heterocycles. The Labute approximate surface area is 81.0 Å². The zero-order chi connectivity index (χ0) is 10.0. The molecule has 0 saturated carbocycles. The fraction of sp³-hybridized carbons (Fsp3) is 0.500. The summed E-state index contributed by atoms with van der Waals surface area (Å²) in [7, 11) is 0. The summed E-state index contributed by atoms with van der Waals surface area (Å²) in [6.45, 7) is 8.54. The highest BCUT2D eigenvalue weighted by molar-refractivity contribution is 5.37. The first kappa shape index (κ1) is 10.3. The van der Waals surface area contributed by atoms with E-state index in [1.807, 2.05) is 0 Å². The van der Waals surface area contributed by atoms with Crippen LogP contribution in [0.5, 0.6) is 0 Å². The molecular weight excluding hydrogens is 158 g/mol. The standard InChI is InChI=1S/C12H19N/c1-5-12(13)11-7-9(3)8(2)6-10(11)4/h6-7,12H,5,13H2,1-4H3/t12-/m1/s1. The predicted octanol–water partition coefficient (Wildman–Crippen LogP) is 3.02. The van der Waals surface area contributed by atoms with Gasteiger partial charge in [0.25, 0.3) is 0 Å². The van der Waals surface area contributed by atoms with E-state index in [9.17, 15) is 0 Å². The van der Waals surface area contributed by atoms with Gasteiger partial charge in [0, 0.05) is 6.04 Å². The maximum atomic E-state index is 6.01. The van der Waals surface area contributed by atoms with E-state index < -0.39 is 0 Å². The van der Waals surface area contributed by atoms with Gasteiger partial charge in [-0.1, -0.05) is 19.1 Å². The molecule has 2 N–H and O–H groups in total.